The van der Waals surface area contributed by atoms with Gasteiger partial charge in [0.05, 0.1) is 19.0 Å². The molecule has 0 bridgehead atoms. The Morgan fingerprint density at radius 3 is 3.00 bits per heavy atom. The fraction of sp³-hybridized carbons (Fsp3) is 0.444. The highest BCUT2D eigenvalue weighted by Gasteiger charge is 2.24. The van der Waals surface area contributed by atoms with E-state index in [1.807, 2.05) is 15.7 Å². The molecule has 2 heterocycles. The van der Waals surface area contributed by atoms with Gasteiger partial charge in [-0.15, -0.1) is 0 Å². The van der Waals surface area contributed by atoms with Crippen molar-refractivity contribution in [3.8, 4) is 5.75 Å². The number of hydrogen-bond acceptors (Lipinski definition) is 3. The van der Waals surface area contributed by atoms with E-state index in [-0.39, 0.29) is 24.3 Å². The molecule has 3 rings (SSSR count). The number of ether oxygens (including phenoxy) is 1. The third-order valence-corrected chi connectivity index (χ3v) is 4.38. The van der Waals surface area contributed by atoms with Crippen LogP contribution < -0.4 is 4.74 Å². The minimum atomic E-state index is -0.731. The number of benzene rings is 1. The van der Waals surface area contributed by atoms with Gasteiger partial charge in [0.1, 0.15) is 5.82 Å². The zero-order chi connectivity index (χ0) is 17.6. The fourth-order valence-electron chi connectivity index (χ4n) is 3.07. The highest BCUT2D eigenvalue weighted by Crippen LogP contribution is 2.22. The summed E-state index contributed by atoms with van der Waals surface area (Å²) in [6, 6.07) is 3.45. The maximum atomic E-state index is 13.5. The first-order valence-electron chi connectivity index (χ1n) is 8.46. The molecular formula is C18H21F2N3O2. The van der Waals surface area contributed by atoms with Crippen LogP contribution in [0, 0.1) is 11.6 Å². The number of carbonyl (C=O) groups excluding carboxylic acids is 1. The summed E-state index contributed by atoms with van der Waals surface area (Å²) in [4.78, 5) is 18.3. The van der Waals surface area contributed by atoms with E-state index in [0.717, 1.165) is 31.5 Å². The smallest absolute Gasteiger partial charge is 0.222 e. The van der Waals surface area contributed by atoms with Gasteiger partial charge in [-0.3, -0.25) is 4.79 Å². The van der Waals surface area contributed by atoms with E-state index in [2.05, 4.69) is 4.98 Å². The Kier molecular flexibility index (Phi) is 5.63. The molecule has 7 heteroatoms. The average molecular weight is 349 g/mol. The van der Waals surface area contributed by atoms with Gasteiger partial charge in [-0.25, -0.2) is 13.8 Å². The van der Waals surface area contributed by atoms with Crippen molar-refractivity contribution in [1.82, 2.24) is 14.5 Å². The van der Waals surface area contributed by atoms with Gasteiger partial charge in [-0.2, -0.15) is 0 Å². The van der Waals surface area contributed by atoms with E-state index in [1.54, 1.807) is 12.5 Å². The van der Waals surface area contributed by atoms with Crippen LogP contribution in [0.3, 0.4) is 0 Å². The highest BCUT2D eigenvalue weighted by molar-refractivity contribution is 5.76. The van der Waals surface area contributed by atoms with Gasteiger partial charge in [-0.05, 0) is 31.4 Å². The van der Waals surface area contributed by atoms with Gasteiger partial charge >= 0.3 is 0 Å². The van der Waals surface area contributed by atoms with Gasteiger partial charge in [0.15, 0.2) is 11.6 Å². The lowest BCUT2D eigenvalue weighted by molar-refractivity contribution is -0.133. The quantitative estimate of drug-likeness (QED) is 0.753. The summed E-state index contributed by atoms with van der Waals surface area (Å²) in [5.41, 5.74) is 0. The van der Waals surface area contributed by atoms with Gasteiger partial charge in [0, 0.05) is 38.0 Å². The number of nitrogens with zero attached hydrogens (tertiary/aromatic N) is 3. The highest BCUT2D eigenvalue weighted by atomic mass is 19.1. The van der Waals surface area contributed by atoms with E-state index in [0.29, 0.717) is 19.4 Å². The lowest BCUT2D eigenvalue weighted by Gasteiger charge is -2.33. The number of hydrogen-bond donors (Lipinski definition) is 0. The normalized spacial score (nSPS) is 17.5. The Morgan fingerprint density at radius 2 is 2.24 bits per heavy atom. The number of piperidine rings is 1. The summed E-state index contributed by atoms with van der Waals surface area (Å²) in [5.74, 6) is -1.29. The van der Waals surface area contributed by atoms with Crippen LogP contribution >= 0.6 is 0 Å². The molecule has 1 atom stereocenters. The molecular weight excluding hydrogens is 328 g/mol. The van der Waals surface area contributed by atoms with Gasteiger partial charge in [0.25, 0.3) is 0 Å². The van der Waals surface area contributed by atoms with Crippen molar-refractivity contribution in [3.63, 3.8) is 0 Å². The topological polar surface area (TPSA) is 47.4 Å². The summed E-state index contributed by atoms with van der Waals surface area (Å²) in [7, 11) is 0. The molecule has 1 aliphatic heterocycles. The predicted molar refractivity (Wildman–Crippen MR) is 88.2 cm³/mol. The molecule has 0 saturated carbocycles. The Morgan fingerprint density at radius 1 is 1.36 bits per heavy atom. The van der Waals surface area contributed by atoms with E-state index in [9.17, 15) is 13.6 Å². The minimum absolute atomic E-state index is 0.00648. The number of aromatic nitrogens is 2. The standard InChI is InChI=1S/C18H21F2N3O2/c19-14-5-6-17(16(20)11-14)25-10-2-4-18(24)22-8-1-3-15(12-22)23-9-7-21-13-23/h5-7,9,11,13,15H,1-4,8,10,12H2/t15-/m1/s1. The van der Waals surface area contributed by atoms with Crippen LogP contribution in [-0.2, 0) is 4.79 Å². The summed E-state index contributed by atoms with van der Waals surface area (Å²) < 4.78 is 33.6. The SMILES string of the molecule is O=C(CCCOc1ccc(F)cc1F)N1CCC[C@@H](n2ccnc2)C1. The molecule has 0 unspecified atom stereocenters. The van der Waals surface area contributed by atoms with Crippen molar-refractivity contribution in [2.75, 3.05) is 19.7 Å². The second kappa shape index (κ2) is 8.09. The van der Waals surface area contributed by atoms with Crippen molar-refractivity contribution in [2.45, 2.75) is 31.7 Å². The molecule has 0 radical (unpaired) electrons. The zero-order valence-corrected chi connectivity index (χ0v) is 13.9. The van der Waals surface area contributed by atoms with E-state index in [4.69, 9.17) is 4.74 Å². The van der Waals surface area contributed by atoms with Gasteiger partial charge in [0.2, 0.25) is 5.91 Å². The summed E-state index contributed by atoms with van der Waals surface area (Å²) >= 11 is 0. The van der Waals surface area contributed by atoms with E-state index in [1.165, 1.54) is 6.07 Å². The second-order valence-corrected chi connectivity index (χ2v) is 6.17. The third kappa shape index (κ3) is 4.55. The number of imidazole rings is 1. The fourth-order valence-corrected chi connectivity index (χ4v) is 3.07. The summed E-state index contributed by atoms with van der Waals surface area (Å²) in [6.45, 7) is 1.66. The molecule has 1 fully saturated rings. The van der Waals surface area contributed by atoms with E-state index >= 15 is 0 Å². The zero-order valence-electron chi connectivity index (χ0n) is 13.9. The molecule has 134 valence electrons. The molecule has 1 aliphatic rings. The number of carbonyl (C=O) groups is 1. The lowest BCUT2D eigenvalue weighted by Crippen LogP contribution is -2.40. The van der Waals surface area contributed by atoms with Crippen molar-refractivity contribution in [1.29, 1.82) is 0 Å². The average Bonchev–Trinajstić information content (AvgIpc) is 3.15. The third-order valence-electron chi connectivity index (χ3n) is 4.38. The van der Waals surface area contributed by atoms with E-state index < -0.39 is 11.6 Å². The van der Waals surface area contributed by atoms with Crippen molar-refractivity contribution in [2.24, 2.45) is 0 Å². The molecule has 5 nitrogen and oxygen atoms in total. The van der Waals surface area contributed by atoms with Crippen molar-refractivity contribution >= 4 is 5.91 Å². The maximum absolute atomic E-state index is 13.5. The van der Waals surface area contributed by atoms with Crippen LogP contribution in [0.25, 0.3) is 0 Å². The maximum Gasteiger partial charge on any atom is 0.222 e. The van der Waals surface area contributed by atoms with Gasteiger partial charge < -0.3 is 14.2 Å². The van der Waals surface area contributed by atoms with Crippen LogP contribution in [0.4, 0.5) is 8.78 Å². The summed E-state index contributed by atoms with van der Waals surface area (Å²) in [5, 5.41) is 0. The van der Waals surface area contributed by atoms with Crippen LogP contribution in [0.1, 0.15) is 31.7 Å². The second-order valence-electron chi connectivity index (χ2n) is 6.17. The van der Waals surface area contributed by atoms with Crippen LogP contribution in [0.2, 0.25) is 0 Å². The van der Waals surface area contributed by atoms with Crippen LogP contribution in [0.5, 0.6) is 5.75 Å². The molecule has 1 aromatic carbocycles. The first kappa shape index (κ1) is 17.4. The first-order chi connectivity index (χ1) is 12.1. The van der Waals surface area contributed by atoms with Crippen molar-refractivity contribution in [3.05, 3.63) is 48.6 Å². The molecule has 2 aromatic rings. The minimum Gasteiger partial charge on any atom is -0.491 e. The Labute approximate surface area is 145 Å². The molecule has 1 aromatic heterocycles. The number of halogens is 2. The Hall–Kier alpha value is -2.44. The predicted octanol–water partition coefficient (Wildman–Crippen LogP) is 3.18. The molecule has 1 saturated heterocycles. The van der Waals surface area contributed by atoms with Gasteiger partial charge in [-0.1, -0.05) is 0 Å². The largest absolute Gasteiger partial charge is 0.491 e. The molecule has 0 N–H and O–H groups in total. The number of likely N-dealkylation sites (tertiary alicyclic amines) is 1. The molecule has 25 heavy (non-hydrogen) atoms. The van der Waals surface area contributed by atoms with Crippen molar-refractivity contribution < 1.29 is 18.3 Å². The molecule has 0 spiro atoms. The monoisotopic (exact) mass is 349 g/mol. The number of amides is 1. The summed E-state index contributed by atoms with van der Waals surface area (Å²) in [6.07, 6.45) is 8.28. The molecule has 1 amide bonds. The Balaban J connectivity index is 1.43. The molecule has 0 aliphatic carbocycles. The Bertz CT molecular complexity index is 706. The number of rotatable bonds is 6. The van der Waals surface area contributed by atoms with Crippen LogP contribution in [-0.4, -0.2) is 40.1 Å². The lowest BCUT2D eigenvalue weighted by atomic mass is 10.0. The van der Waals surface area contributed by atoms with Crippen LogP contribution in [0.15, 0.2) is 36.9 Å². The first-order valence-corrected chi connectivity index (χ1v) is 8.46.